The second kappa shape index (κ2) is 5.45. The van der Waals surface area contributed by atoms with Crippen LogP contribution in [-0.4, -0.2) is 17.8 Å². The average molecular weight is 232 g/mol. The van der Waals surface area contributed by atoms with Gasteiger partial charge in [-0.15, -0.1) is 0 Å². The van der Waals surface area contributed by atoms with Crippen molar-refractivity contribution in [2.45, 2.75) is 25.4 Å². The second-order valence-electron chi connectivity index (χ2n) is 3.46. The maximum absolute atomic E-state index is 13.6. The Bertz CT molecular complexity index is 332. The number of aliphatic hydroxyl groups excluding tert-OH is 1. The van der Waals surface area contributed by atoms with Crippen LogP contribution < -0.4 is 5.73 Å². The van der Waals surface area contributed by atoms with Crippen molar-refractivity contribution in [3.63, 3.8) is 0 Å². The molecular formula is C11H15ClFNO. The molecule has 2 nitrogen and oxygen atoms in total. The number of halogens is 2. The number of rotatable bonds is 4. The maximum Gasteiger partial charge on any atom is 0.145 e. The van der Waals surface area contributed by atoms with Gasteiger partial charge in [0.1, 0.15) is 5.82 Å². The summed E-state index contributed by atoms with van der Waals surface area (Å²) in [5.74, 6) is -0.879. The van der Waals surface area contributed by atoms with Crippen molar-refractivity contribution in [1.82, 2.24) is 0 Å². The van der Waals surface area contributed by atoms with Crippen molar-refractivity contribution in [2.24, 2.45) is 5.73 Å². The molecule has 0 saturated carbocycles. The molecule has 2 atom stereocenters. The molecule has 2 unspecified atom stereocenters. The summed E-state index contributed by atoms with van der Waals surface area (Å²) in [5.41, 5.74) is 5.92. The largest absolute Gasteiger partial charge is 0.392 e. The average Bonchev–Trinajstić information content (AvgIpc) is 2.24. The fraction of sp³-hybridized carbons (Fsp3) is 0.455. The van der Waals surface area contributed by atoms with Crippen molar-refractivity contribution in [3.05, 3.63) is 34.6 Å². The van der Waals surface area contributed by atoms with Crippen LogP contribution in [0, 0.1) is 5.82 Å². The number of aliphatic hydroxyl groups is 1. The molecule has 0 radical (unpaired) electrons. The smallest absolute Gasteiger partial charge is 0.145 e. The van der Waals surface area contributed by atoms with Crippen LogP contribution in [0.1, 0.15) is 24.8 Å². The monoisotopic (exact) mass is 231 g/mol. The number of nitrogens with two attached hydrogens (primary N) is 1. The van der Waals surface area contributed by atoms with Crippen LogP contribution >= 0.6 is 11.6 Å². The van der Waals surface area contributed by atoms with E-state index in [2.05, 4.69) is 0 Å². The van der Waals surface area contributed by atoms with Crippen molar-refractivity contribution in [3.8, 4) is 0 Å². The van der Waals surface area contributed by atoms with Crippen LogP contribution in [-0.2, 0) is 0 Å². The molecule has 0 spiro atoms. The Hall–Kier alpha value is -0.640. The Morgan fingerprint density at radius 1 is 1.53 bits per heavy atom. The van der Waals surface area contributed by atoms with E-state index in [9.17, 15) is 9.50 Å². The van der Waals surface area contributed by atoms with Crippen LogP contribution in [0.2, 0.25) is 5.02 Å². The van der Waals surface area contributed by atoms with Gasteiger partial charge < -0.3 is 10.8 Å². The Kier molecular flexibility index (Phi) is 4.51. The fourth-order valence-electron chi connectivity index (χ4n) is 1.58. The summed E-state index contributed by atoms with van der Waals surface area (Å²) < 4.78 is 13.6. The predicted octanol–water partition coefficient (Wildman–Crippen LogP) is 2.29. The fourth-order valence-corrected chi connectivity index (χ4v) is 1.76. The Morgan fingerprint density at radius 3 is 2.73 bits per heavy atom. The third kappa shape index (κ3) is 2.68. The van der Waals surface area contributed by atoms with Crippen LogP contribution in [0.15, 0.2) is 18.2 Å². The Morgan fingerprint density at radius 2 is 2.20 bits per heavy atom. The summed E-state index contributed by atoms with van der Waals surface area (Å²) in [7, 11) is 0. The van der Waals surface area contributed by atoms with E-state index in [0.29, 0.717) is 12.0 Å². The lowest BCUT2D eigenvalue weighted by atomic mass is 9.91. The van der Waals surface area contributed by atoms with Gasteiger partial charge in [-0.2, -0.15) is 0 Å². The van der Waals surface area contributed by atoms with Gasteiger partial charge in [0.05, 0.1) is 11.1 Å². The van der Waals surface area contributed by atoms with Gasteiger partial charge in [0.2, 0.25) is 0 Å². The minimum absolute atomic E-state index is 0.0641. The minimum Gasteiger partial charge on any atom is -0.392 e. The highest BCUT2D eigenvalue weighted by Gasteiger charge is 2.22. The lowest BCUT2D eigenvalue weighted by molar-refractivity contribution is 0.139. The molecule has 0 aromatic heterocycles. The maximum atomic E-state index is 13.6. The molecule has 0 heterocycles. The summed E-state index contributed by atoms with van der Waals surface area (Å²) in [6.45, 7) is 2.03. The third-order valence-electron chi connectivity index (χ3n) is 2.52. The van der Waals surface area contributed by atoms with Crippen molar-refractivity contribution >= 4 is 11.6 Å². The van der Waals surface area contributed by atoms with E-state index < -0.39 is 17.8 Å². The van der Waals surface area contributed by atoms with E-state index in [1.54, 1.807) is 12.1 Å². The number of hydrogen-bond acceptors (Lipinski definition) is 2. The standard InChI is InChI=1S/C11H15ClFNO/c1-2-10(15)8(6-14)7-4-3-5-9(12)11(7)13/h3-5,8,10,15H,2,6,14H2,1H3. The summed E-state index contributed by atoms with van der Waals surface area (Å²) >= 11 is 5.67. The Balaban J connectivity index is 3.07. The third-order valence-corrected chi connectivity index (χ3v) is 2.81. The molecule has 4 heteroatoms. The van der Waals surface area contributed by atoms with Crippen molar-refractivity contribution in [1.29, 1.82) is 0 Å². The summed E-state index contributed by atoms with van der Waals surface area (Å²) in [4.78, 5) is 0. The second-order valence-corrected chi connectivity index (χ2v) is 3.87. The first-order chi connectivity index (χ1) is 7.11. The van der Waals surface area contributed by atoms with Crippen molar-refractivity contribution < 1.29 is 9.50 Å². The van der Waals surface area contributed by atoms with Gasteiger partial charge in [-0.05, 0) is 18.1 Å². The molecule has 0 aliphatic rings. The molecule has 1 aromatic rings. The molecule has 1 aromatic carbocycles. The zero-order valence-corrected chi connectivity index (χ0v) is 9.34. The zero-order chi connectivity index (χ0) is 11.4. The van der Waals surface area contributed by atoms with Gasteiger partial charge >= 0.3 is 0 Å². The van der Waals surface area contributed by atoms with E-state index in [1.165, 1.54) is 6.07 Å². The summed E-state index contributed by atoms with van der Waals surface area (Å²) in [5, 5.41) is 9.76. The van der Waals surface area contributed by atoms with Crippen LogP contribution in [0.4, 0.5) is 4.39 Å². The van der Waals surface area contributed by atoms with E-state index in [1.807, 2.05) is 6.92 Å². The quantitative estimate of drug-likeness (QED) is 0.835. The molecule has 0 amide bonds. The Labute approximate surface area is 93.9 Å². The molecule has 0 aliphatic heterocycles. The first-order valence-corrected chi connectivity index (χ1v) is 5.31. The van der Waals surface area contributed by atoms with Gasteiger partial charge in [-0.25, -0.2) is 4.39 Å². The lowest BCUT2D eigenvalue weighted by Crippen LogP contribution is -2.26. The topological polar surface area (TPSA) is 46.2 Å². The zero-order valence-electron chi connectivity index (χ0n) is 8.58. The molecule has 15 heavy (non-hydrogen) atoms. The number of hydrogen-bond donors (Lipinski definition) is 2. The van der Waals surface area contributed by atoms with E-state index >= 15 is 0 Å². The summed E-state index contributed by atoms with van der Waals surface area (Å²) in [6.07, 6.45) is -0.101. The highest BCUT2D eigenvalue weighted by molar-refractivity contribution is 6.30. The van der Waals surface area contributed by atoms with E-state index in [-0.39, 0.29) is 11.6 Å². The first kappa shape index (κ1) is 12.4. The number of benzene rings is 1. The molecule has 1 rings (SSSR count). The minimum atomic E-state index is -0.636. The molecule has 84 valence electrons. The normalized spacial score (nSPS) is 15.0. The predicted molar refractivity (Wildman–Crippen MR) is 59.5 cm³/mol. The SMILES string of the molecule is CCC(O)C(CN)c1cccc(Cl)c1F. The summed E-state index contributed by atoms with van der Waals surface area (Å²) in [6, 6.07) is 4.75. The van der Waals surface area contributed by atoms with E-state index in [0.717, 1.165) is 0 Å². The lowest BCUT2D eigenvalue weighted by Gasteiger charge is -2.21. The van der Waals surface area contributed by atoms with Gasteiger partial charge in [0, 0.05) is 12.5 Å². The van der Waals surface area contributed by atoms with Gasteiger partial charge in [-0.1, -0.05) is 30.7 Å². The molecule has 0 bridgehead atoms. The van der Waals surface area contributed by atoms with Crippen LogP contribution in [0.5, 0.6) is 0 Å². The molecule has 3 N–H and O–H groups in total. The van der Waals surface area contributed by atoms with Gasteiger partial charge in [0.25, 0.3) is 0 Å². The van der Waals surface area contributed by atoms with Gasteiger partial charge in [0.15, 0.2) is 0 Å². The highest BCUT2D eigenvalue weighted by Crippen LogP contribution is 2.27. The van der Waals surface area contributed by atoms with Gasteiger partial charge in [-0.3, -0.25) is 0 Å². The molecule has 0 saturated heterocycles. The molecule has 0 aliphatic carbocycles. The van der Waals surface area contributed by atoms with Crippen molar-refractivity contribution in [2.75, 3.05) is 6.54 Å². The first-order valence-electron chi connectivity index (χ1n) is 4.93. The molecular weight excluding hydrogens is 217 g/mol. The van der Waals surface area contributed by atoms with Crippen LogP contribution in [0.25, 0.3) is 0 Å². The van der Waals surface area contributed by atoms with E-state index in [4.69, 9.17) is 17.3 Å². The molecule has 0 fully saturated rings. The highest BCUT2D eigenvalue weighted by atomic mass is 35.5. The van der Waals surface area contributed by atoms with Crippen LogP contribution in [0.3, 0.4) is 0 Å².